The minimum Gasteiger partial charge on any atom is -0.357 e. The van der Waals surface area contributed by atoms with Gasteiger partial charge >= 0.3 is 0 Å². The number of halogens is 1. The molecular formula is C18H17BrN2O. The van der Waals surface area contributed by atoms with Crippen molar-refractivity contribution in [3.05, 3.63) is 70.3 Å². The van der Waals surface area contributed by atoms with E-state index in [4.69, 9.17) is 0 Å². The Morgan fingerprint density at radius 2 is 1.82 bits per heavy atom. The van der Waals surface area contributed by atoms with Gasteiger partial charge in [-0.3, -0.25) is 4.79 Å². The molecule has 3 rings (SSSR count). The summed E-state index contributed by atoms with van der Waals surface area (Å²) < 4.78 is 0.815. The topological polar surface area (TPSA) is 36.1 Å². The van der Waals surface area contributed by atoms with Crippen molar-refractivity contribution in [2.24, 2.45) is 0 Å². The van der Waals surface area contributed by atoms with Crippen LogP contribution >= 0.6 is 15.9 Å². The second kappa shape index (κ2) is 5.97. The zero-order valence-corrected chi connectivity index (χ0v) is 14.1. The van der Waals surface area contributed by atoms with Crippen molar-refractivity contribution >= 4 is 32.7 Å². The standard InChI is InChI=1S/C18H17BrN2O/c1-12(17-11-13-7-3-6-10-16(13)20-17)21(2)18(22)14-8-4-5-9-15(14)19/h3-12,20H,1-2H3. The average molecular weight is 357 g/mol. The van der Waals surface area contributed by atoms with Crippen LogP contribution in [0.1, 0.15) is 29.0 Å². The highest BCUT2D eigenvalue weighted by molar-refractivity contribution is 9.10. The van der Waals surface area contributed by atoms with Crippen LogP contribution in [-0.4, -0.2) is 22.8 Å². The van der Waals surface area contributed by atoms with Gasteiger partial charge in [0.1, 0.15) is 0 Å². The van der Waals surface area contributed by atoms with Crippen molar-refractivity contribution < 1.29 is 4.79 Å². The summed E-state index contributed by atoms with van der Waals surface area (Å²) >= 11 is 3.44. The maximum absolute atomic E-state index is 12.7. The fraction of sp³-hybridized carbons (Fsp3) is 0.167. The van der Waals surface area contributed by atoms with E-state index in [9.17, 15) is 4.79 Å². The van der Waals surface area contributed by atoms with E-state index in [0.29, 0.717) is 5.56 Å². The highest BCUT2D eigenvalue weighted by Crippen LogP contribution is 2.26. The Hall–Kier alpha value is -2.07. The van der Waals surface area contributed by atoms with Gasteiger partial charge in [-0.25, -0.2) is 0 Å². The average Bonchev–Trinajstić information content (AvgIpc) is 2.97. The van der Waals surface area contributed by atoms with Gasteiger partial charge in [-0.15, -0.1) is 0 Å². The molecular weight excluding hydrogens is 340 g/mol. The fourth-order valence-electron chi connectivity index (χ4n) is 2.53. The highest BCUT2D eigenvalue weighted by atomic mass is 79.9. The monoisotopic (exact) mass is 356 g/mol. The summed E-state index contributed by atoms with van der Waals surface area (Å²) in [5.74, 6) is -0.00127. The third-order valence-corrected chi connectivity index (χ3v) is 4.70. The molecule has 0 radical (unpaired) electrons. The second-order valence-corrected chi connectivity index (χ2v) is 6.24. The summed E-state index contributed by atoms with van der Waals surface area (Å²) in [6.45, 7) is 2.03. The number of fused-ring (bicyclic) bond motifs is 1. The number of rotatable bonds is 3. The zero-order valence-electron chi connectivity index (χ0n) is 12.5. The molecule has 0 spiro atoms. The number of H-pyrrole nitrogens is 1. The molecule has 1 N–H and O–H groups in total. The summed E-state index contributed by atoms with van der Waals surface area (Å²) in [7, 11) is 1.83. The van der Waals surface area contributed by atoms with Crippen molar-refractivity contribution in [3.8, 4) is 0 Å². The zero-order chi connectivity index (χ0) is 15.7. The molecule has 0 bridgehead atoms. The van der Waals surface area contributed by atoms with Crippen LogP contribution in [0, 0.1) is 0 Å². The number of nitrogens with zero attached hydrogens (tertiary/aromatic N) is 1. The van der Waals surface area contributed by atoms with Crippen molar-refractivity contribution in [2.45, 2.75) is 13.0 Å². The minimum absolute atomic E-state index is 0.00127. The lowest BCUT2D eigenvalue weighted by Crippen LogP contribution is -2.30. The maximum Gasteiger partial charge on any atom is 0.255 e. The van der Waals surface area contributed by atoms with Gasteiger partial charge < -0.3 is 9.88 Å². The number of aromatic amines is 1. The van der Waals surface area contributed by atoms with E-state index in [1.807, 2.05) is 56.4 Å². The molecule has 22 heavy (non-hydrogen) atoms. The molecule has 2 aromatic carbocycles. The molecule has 1 atom stereocenters. The van der Waals surface area contributed by atoms with E-state index in [2.05, 4.69) is 33.0 Å². The first kappa shape index (κ1) is 14.9. The van der Waals surface area contributed by atoms with Crippen molar-refractivity contribution in [1.29, 1.82) is 0 Å². The smallest absolute Gasteiger partial charge is 0.255 e. The first-order valence-electron chi connectivity index (χ1n) is 7.17. The summed E-state index contributed by atoms with van der Waals surface area (Å²) in [5.41, 5.74) is 2.79. The molecule has 1 heterocycles. The minimum atomic E-state index is -0.0352. The number of aromatic nitrogens is 1. The van der Waals surface area contributed by atoms with E-state index in [0.717, 1.165) is 21.1 Å². The normalized spacial score (nSPS) is 12.3. The van der Waals surface area contributed by atoms with E-state index in [1.54, 1.807) is 4.90 Å². The molecule has 1 unspecified atom stereocenters. The molecule has 0 saturated carbocycles. The second-order valence-electron chi connectivity index (χ2n) is 5.38. The summed E-state index contributed by atoms with van der Waals surface area (Å²) in [6.07, 6.45) is 0. The van der Waals surface area contributed by atoms with E-state index < -0.39 is 0 Å². The lowest BCUT2D eigenvalue weighted by atomic mass is 10.1. The molecule has 0 aliphatic heterocycles. The molecule has 4 heteroatoms. The van der Waals surface area contributed by atoms with E-state index >= 15 is 0 Å². The van der Waals surface area contributed by atoms with Gasteiger partial charge in [-0.05, 0) is 52.5 Å². The maximum atomic E-state index is 12.7. The quantitative estimate of drug-likeness (QED) is 0.721. The van der Waals surface area contributed by atoms with Gasteiger partial charge in [-0.2, -0.15) is 0 Å². The van der Waals surface area contributed by atoms with Gasteiger partial charge in [0.15, 0.2) is 0 Å². The number of hydrogen-bond donors (Lipinski definition) is 1. The van der Waals surface area contributed by atoms with Crippen molar-refractivity contribution in [1.82, 2.24) is 9.88 Å². The molecule has 1 aromatic heterocycles. The van der Waals surface area contributed by atoms with Crippen LogP contribution in [-0.2, 0) is 0 Å². The summed E-state index contributed by atoms with van der Waals surface area (Å²) in [4.78, 5) is 17.8. The predicted octanol–water partition coefficient (Wildman–Crippen LogP) is 4.76. The molecule has 0 saturated heterocycles. The summed E-state index contributed by atoms with van der Waals surface area (Å²) in [6, 6.07) is 17.7. The third kappa shape index (κ3) is 2.66. The van der Waals surface area contributed by atoms with Crippen LogP contribution in [0.25, 0.3) is 10.9 Å². The van der Waals surface area contributed by atoms with Crippen molar-refractivity contribution in [2.75, 3.05) is 7.05 Å². The van der Waals surface area contributed by atoms with Gasteiger partial charge in [0, 0.05) is 22.7 Å². The summed E-state index contributed by atoms with van der Waals surface area (Å²) in [5, 5.41) is 1.16. The number of carbonyl (C=O) groups is 1. The first-order valence-corrected chi connectivity index (χ1v) is 7.96. The van der Waals surface area contributed by atoms with Gasteiger partial charge in [0.25, 0.3) is 5.91 Å². The first-order chi connectivity index (χ1) is 10.6. The SMILES string of the molecule is CC(c1cc2ccccc2[nH]1)N(C)C(=O)c1ccccc1Br. The number of para-hydroxylation sites is 1. The van der Waals surface area contributed by atoms with Crippen LogP contribution in [0.15, 0.2) is 59.1 Å². The Labute approximate surface area is 138 Å². The number of nitrogens with one attached hydrogen (secondary N) is 1. The van der Waals surface area contributed by atoms with Crippen LogP contribution in [0.4, 0.5) is 0 Å². The number of carbonyl (C=O) groups excluding carboxylic acids is 1. The number of amides is 1. The van der Waals surface area contributed by atoms with Crippen LogP contribution in [0.2, 0.25) is 0 Å². The molecule has 112 valence electrons. The Morgan fingerprint density at radius 1 is 1.14 bits per heavy atom. The van der Waals surface area contributed by atoms with Crippen molar-refractivity contribution in [3.63, 3.8) is 0 Å². The van der Waals surface area contributed by atoms with E-state index in [-0.39, 0.29) is 11.9 Å². The lowest BCUT2D eigenvalue weighted by molar-refractivity contribution is 0.0739. The fourth-order valence-corrected chi connectivity index (χ4v) is 2.98. The molecule has 0 aliphatic carbocycles. The molecule has 3 aromatic rings. The van der Waals surface area contributed by atoms with Gasteiger partial charge in [0.05, 0.1) is 11.6 Å². The number of benzene rings is 2. The van der Waals surface area contributed by atoms with Crippen LogP contribution in [0.5, 0.6) is 0 Å². The highest BCUT2D eigenvalue weighted by Gasteiger charge is 2.21. The van der Waals surface area contributed by atoms with Gasteiger partial charge in [-0.1, -0.05) is 30.3 Å². The predicted molar refractivity (Wildman–Crippen MR) is 92.9 cm³/mol. The molecule has 1 amide bonds. The Morgan fingerprint density at radius 3 is 2.55 bits per heavy atom. The lowest BCUT2D eigenvalue weighted by Gasteiger charge is -2.24. The third-order valence-electron chi connectivity index (χ3n) is 4.01. The van der Waals surface area contributed by atoms with Crippen LogP contribution in [0.3, 0.4) is 0 Å². The van der Waals surface area contributed by atoms with Gasteiger partial charge in [0.2, 0.25) is 0 Å². The largest absolute Gasteiger partial charge is 0.357 e. The Balaban J connectivity index is 1.89. The van der Waals surface area contributed by atoms with Crippen LogP contribution < -0.4 is 0 Å². The molecule has 3 nitrogen and oxygen atoms in total. The molecule has 0 fully saturated rings. The molecule has 0 aliphatic rings. The van der Waals surface area contributed by atoms with E-state index in [1.165, 1.54) is 0 Å². The Bertz CT molecular complexity index is 792. The Kier molecular flexibility index (Phi) is 4.03. The number of hydrogen-bond acceptors (Lipinski definition) is 1.